The minimum Gasteiger partial charge on any atom is -0.382 e. The van der Waals surface area contributed by atoms with Gasteiger partial charge in [0.2, 0.25) is 0 Å². The zero-order valence-electron chi connectivity index (χ0n) is 12.0. The highest BCUT2D eigenvalue weighted by molar-refractivity contribution is 4.57. The average molecular weight is 262 g/mol. The molecule has 5 nitrogen and oxygen atoms in total. The molecule has 0 saturated heterocycles. The number of methoxy groups -OCH3 is 1. The van der Waals surface area contributed by atoms with E-state index >= 15 is 0 Å². The van der Waals surface area contributed by atoms with Gasteiger partial charge in [-0.15, -0.1) is 0 Å². The Bertz CT molecular complexity index is 159. The van der Waals surface area contributed by atoms with E-state index in [1.807, 2.05) is 0 Å². The van der Waals surface area contributed by atoms with E-state index < -0.39 is 0 Å². The molecule has 0 radical (unpaired) electrons. The maximum Gasteiger partial charge on any atom is 0.0701 e. The average Bonchev–Trinajstić information content (AvgIpc) is 2.39. The number of hydrogen-bond acceptors (Lipinski definition) is 5. The first kappa shape index (κ1) is 17.8. The zero-order valence-corrected chi connectivity index (χ0v) is 12.0. The smallest absolute Gasteiger partial charge is 0.0701 e. The highest BCUT2D eigenvalue weighted by Gasteiger charge is 2.02. The lowest BCUT2D eigenvalue weighted by Crippen LogP contribution is -2.33. The van der Waals surface area contributed by atoms with E-state index in [0.29, 0.717) is 33.0 Å². The summed E-state index contributed by atoms with van der Waals surface area (Å²) in [5, 5.41) is 0. The van der Waals surface area contributed by atoms with Crippen LogP contribution in [-0.4, -0.2) is 71.2 Å². The lowest BCUT2D eigenvalue weighted by molar-refractivity contribution is 0.0196. The molecule has 0 aromatic rings. The van der Waals surface area contributed by atoms with Crippen molar-refractivity contribution in [3.05, 3.63) is 0 Å². The molecule has 0 amide bonds. The van der Waals surface area contributed by atoms with Crippen LogP contribution in [0.5, 0.6) is 0 Å². The third-order valence-electron chi connectivity index (χ3n) is 2.63. The molecule has 0 rings (SSSR count). The number of rotatable bonds is 14. The number of ether oxygens (including phenoxy) is 3. The molecular formula is C13H30N2O3. The van der Waals surface area contributed by atoms with Crippen LogP contribution in [0.3, 0.4) is 0 Å². The predicted molar refractivity (Wildman–Crippen MR) is 73.9 cm³/mol. The normalized spacial score (nSPS) is 11.3. The highest BCUT2D eigenvalue weighted by Crippen LogP contribution is 1.94. The molecule has 0 aliphatic heterocycles. The Kier molecular flexibility index (Phi) is 14.7. The Morgan fingerprint density at radius 1 is 0.889 bits per heavy atom. The molecule has 0 saturated carbocycles. The van der Waals surface area contributed by atoms with Gasteiger partial charge in [-0.3, -0.25) is 4.90 Å². The van der Waals surface area contributed by atoms with Crippen molar-refractivity contribution in [1.29, 1.82) is 0 Å². The maximum atomic E-state index is 5.59. The monoisotopic (exact) mass is 262 g/mol. The van der Waals surface area contributed by atoms with Crippen molar-refractivity contribution in [3.63, 3.8) is 0 Å². The lowest BCUT2D eigenvalue weighted by Gasteiger charge is -2.21. The molecule has 0 aliphatic carbocycles. The summed E-state index contributed by atoms with van der Waals surface area (Å²) in [6.07, 6.45) is 2.44. The minimum atomic E-state index is 0.634. The lowest BCUT2D eigenvalue weighted by atomic mass is 10.3. The second kappa shape index (κ2) is 14.9. The molecule has 2 N–H and O–H groups in total. The predicted octanol–water partition coefficient (Wildman–Crippen LogP) is 0.727. The quantitative estimate of drug-likeness (QED) is 0.468. The molecule has 0 aliphatic rings. The van der Waals surface area contributed by atoms with E-state index in [4.69, 9.17) is 19.9 Å². The molecule has 0 unspecified atom stereocenters. The van der Waals surface area contributed by atoms with Crippen molar-refractivity contribution in [2.75, 3.05) is 66.3 Å². The first-order chi connectivity index (χ1) is 8.85. The van der Waals surface area contributed by atoms with Gasteiger partial charge in [0, 0.05) is 26.7 Å². The molecule has 0 bridgehead atoms. The molecule has 0 aromatic carbocycles. The largest absolute Gasteiger partial charge is 0.382 e. The summed E-state index contributed by atoms with van der Waals surface area (Å²) in [4.78, 5) is 2.36. The third kappa shape index (κ3) is 12.3. The van der Waals surface area contributed by atoms with E-state index in [-0.39, 0.29) is 0 Å². The standard InChI is InChI=1S/C13H30N2O3/c1-3-4-6-15(7-5-14)8-9-17-12-13-18-11-10-16-2/h3-14H2,1-2H3. The Hall–Kier alpha value is -0.200. The topological polar surface area (TPSA) is 57.0 Å². The Labute approximate surface area is 112 Å². The van der Waals surface area contributed by atoms with Crippen molar-refractivity contribution in [2.45, 2.75) is 19.8 Å². The van der Waals surface area contributed by atoms with Crippen molar-refractivity contribution in [2.24, 2.45) is 5.73 Å². The van der Waals surface area contributed by atoms with E-state index in [1.165, 1.54) is 12.8 Å². The SMILES string of the molecule is CCCCN(CCN)CCOCCOCCOC. The second-order valence-corrected chi connectivity index (χ2v) is 4.20. The Morgan fingerprint density at radius 3 is 2.17 bits per heavy atom. The van der Waals surface area contributed by atoms with Crippen LogP contribution in [0, 0.1) is 0 Å². The third-order valence-corrected chi connectivity index (χ3v) is 2.63. The molecule has 0 aromatic heterocycles. The molecule has 0 heterocycles. The first-order valence-electron chi connectivity index (χ1n) is 6.92. The van der Waals surface area contributed by atoms with Gasteiger partial charge < -0.3 is 19.9 Å². The van der Waals surface area contributed by atoms with Crippen LogP contribution in [-0.2, 0) is 14.2 Å². The van der Waals surface area contributed by atoms with Crippen LogP contribution < -0.4 is 5.73 Å². The molecule has 0 atom stereocenters. The molecule has 0 spiro atoms. The van der Waals surface area contributed by atoms with Crippen LogP contribution in [0.1, 0.15) is 19.8 Å². The summed E-state index contributed by atoms with van der Waals surface area (Å²) >= 11 is 0. The number of nitrogens with two attached hydrogens (primary N) is 1. The van der Waals surface area contributed by atoms with Gasteiger partial charge in [-0.2, -0.15) is 0 Å². The molecular weight excluding hydrogens is 232 g/mol. The van der Waals surface area contributed by atoms with Gasteiger partial charge in [0.1, 0.15) is 0 Å². The summed E-state index contributed by atoms with van der Waals surface area (Å²) < 4.78 is 15.7. The van der Waals surface area contributed by atoms with Gasteiger partial charge in [-0.1, -0.05) is 13.3 Å². The van der Waals surface area contributed by atoms with Crippen molar-refractivity contribution in [3.8, 4) is 0 Å². The highest BCUT2D eigenvalue weighted by atomic mass is 16.5. The van der Waals surface area contributed by atoms with E-state index in [1.54, 1.807) is 7.11 Å². The summed E-state index contributed by atoms with van der Waals surface area (Å²) in [5.41, 5.74) is 5.59. The van der Waals surface area contributed by atoms with Crippen LogP contribution in [0.25, 0.3) is 0 Å². The van der Waals surface area contributed by atoms with Gasteiger partial charge >= 0.3 is 0 Å². The summed E-state index contributed by atoms with van der Waals surface area (Å²) in [7, 11) is 1.67. The van der Waals surface area contributed by atoms with Gasteiger partial charge in [-0.05, 0) is 13.0 Å². The number of nitrogens with zero attached hydrogens (tertiary/aromatic N) is 1. The zero-order chi connectivity index (χ0) is 13.5. The minimum absolute atomic E-state index is 0.634. The fourth-order valence-electron chi connectivity index (χ4n) is 1.56. The van der Waals surface area contributed by atoms with Crippen LogP contribution in [0.15, 0.2) is 0 Å². The Balaban J connectivity index is 3.31. The van der Waals surface area contributed by atoms with Crippen LogP contribution >= 0.6 is 0 Å². The summed E-state index contributed by atoms with van der Waals surface area (Å²) in [6.45, 7) is 9.24. The summed E-state index contributed by atoms with van der Waals surface area (Å²) in [5.74, 6) is 0. The van der Waals surface area contributed by atoms with Crippen molar-refractivity contribution < 1.29 is 14.2 Å². The maximum absolute atomic E-state index is 5.59. The van der Waals surface area contributed by atoms with Gasteiger partial charge in [-0.25, -0.2) is 0 Å². The molecule has 18 heavy (non-hydrogen) atoms. The van der Waals surface area contributed by atoms with Gasteiger partial charge in [0.15, 0.2) is 0 Å². The second-order valence-electron chi connectivity index (χ2n) is 4.20. The van der Waals surface area contributed by atoms with Crippen LogP contribution in [0.2, 0.25) is 0 Å². The van der Waals surface area contributed by atoms with E-state index in [0.717, 1.165) is 26.2 Å². The molecule has 110 valence electrons. The summed E-state index contributed by atoms with van der Waals surface area (Å²) in [6, 6.07) is 0. The number of unbranched alkanes of at least 4 members (excludes halogenated alkanes) is 1. The van der Waals surface area contributed by atoms with E-state index in [9.17, 15) is 0 Å². The van der Waals surface area contributed by atoms with Crippen LogP contribution in [0.4, 0.5) is 0 Å². The first-order valence-corrected chi connectivity index (χ1v) is 6.92. The molecule has 0 fully saturated rings. The van der Waals surface area contributed by atoms with Gasteiger partial charge in [0.25, 0.3) is 0 Å². The fourth-order valence-corrected chi connectivity index (χ4v) is 1.56. The van der Waals surface area contributed by atoms with Crippen molar-refractivity contribution >= 4 is 0 Å². The van der Waals surface area contributed by atoms with Gasteiger partial charge in [0.05, 0.1) is 33.0 Å². The van der Waals surface area contributed by atoms with E-state index in [2.05, 4.69) is 11.8 Å². The molecule has 5 heteroatoms. The van der Waals surface area contributed by atoms with Crippen molar-refractivity contribution in [1.82, 2.24) is 4.90 Å². The Morgan fingerprint density at radius 2 is 1.56 bits per heavy atom. The number of hydrogen-bond donors (Lipinski definition) is 1. The fraction of sp³-hybridized carbons (Fsp3) is 1.00.